The zero-order valence-corrected chi connectivity index (χ0v) is 24.1. The van der Waals surface area contributed by atoms with Crippen LogP contribution in [0.4, 0.5) is 0 Å². The number of aliphatic hydroxyl groups excluding tert-OH is 1. The first-order chi connectivity index (χ1) is 18.3. The minimum Gasteiger partial charge on any atom is -0.493 e. The Hall–Kier alpha value is -1.98. The molecule has 5 heteroatoms. The number of rotatable bonds is 5. The lowest BCUT2D eigenvalue weighted by Crippen LogP contribution is -2.52. The average molecular weight is 522 g/mol. The molecule has 1 aromatic rings. The fourth-order valence-corrected chi connectivity index (χ4v) is 9.46. The van der Waals surface area contributed by atoms with Gasteiger partial charge in [0.15, 0.2) is 11.5 Å². The summed E-state index contributed by atoms with van der Waals surface area (Å²) in [5, 5.41) is 11.7. The van der Waals surface area contributed by atoms with E-state index in [1.54, 1.807) is 26.9 Å². The molecule has 5 aliphatic rings. The van der Waals surface area contributed by atoms with Gasteiger partial charge in [0.2, 0.25) is 5.75 Å². The Morgan fingerprint density at radius 1 is 0.921 bits per heavy atom. The van der Waals surface area contributed by atoms with Crippen LogP contribution in [0.5, 0.6) is 17.2 Å². The van der Waals surface area contributed by atoms with E-state index < -0.39 is 6.10 Å². The fourth-order valence-electron chi connectivity index (χ4n) is 9.46. The topological polar surface area (TPSA) is 51.2 Å². The number of likely N-dealkylation sites (tertiary alicyclic amines) is 1. The quantitative estimate of drug-likeness (QED) is 0.449. The van der Waals surface area contributed by atoms with Gasteiger partial charge in [0, 0.05) is 11.5 Å². The molecule has 0 unspecified atom stereocenters. The van der Waals surface area contributed by atoms with Crippen LogP contribution >= 0.6 is 0 Å². The van der Waals surface area contributed by atoms with Crippen molar-refractivity contribution in [2.24, 2.45) is 28.6 Å². The van der Waals surface area contributed by atoms with E-state index in [2.05, 4.69) is 30.9 Å². The van der Waals surface area contributed by atoms with Gasteiger partial charge in [-0.1, -0.05) is 31.6 Å². The van der Waals surface area contributed by atoms with Crippen LogP contribution in [-0.4, -0.2) is 56.6 Å². The van der Waals surface area contributed by atoms with Gasteiger partial charge in [-0.15, -0.1) is 0 Å². The maximum absolute atomic E-state index is 11.7. The Kier molecular flexibility index (Phi) is 6.83. The van der Waals surface area contributed by atoms with Crippen LogP contribution in [0, 0.1) is 28.6 Å². The molecule has 4 fully saturated rings. The van der Waals surface area contributed by atoms with E-state index in [1.807, 2.05) is 12.1 Å². The minimum atomic E-state index is -0.406. The van der Waals surface area contributed by atoms with Gasteiger partial charge in [0.25, 0.3) is 0 Å². The van der Waals surface area contributed by atoms with Gasteiger partial charge in [0.05, 0.1) is 27.4 Å². The highest BCUT2D eigenvalue weighted by molar-refractivity contribution is 5.64. The first-order valence-electron chi connectivity index (χ1n) is 14.9. The predicted octanol–water partition coefficient (Wildman–Crippen LogP) is 6.49. The number of hydrogen-bond donors (Lipinski definition) is 1. The lowest BCUT2D eigenvalue weighted by molar-refractivity contribution is -0.0662. The number of nitrogens with zero attached hydrogens (tertiary/aromatic N) is 1. The monoisotopic (exact) mass is 521 g/mol. The molecule has 7 atom stereocenters. The van der Waals surface area contributed by atoms with E-state index in [0.717, 1.165) is 35.9 Å². The summed E-state index contributed by atoms with van der Waals surface area (Å²) >= 11 is 0. The molecular weight excluding hydrogens is 474 g/mol. The number of fused-ring (bicyclic) bond motifs is 5. The Morgan fingerprint density at radius 2 is 1.63 bits per heavy atom. The molecule has 38 heavy (non-hydrogen) atoms. The number of hydrogen-bond acceptors (Lipinski definition) is 5. The van der Waals surface area contributed by atoms with Crippen LogP contribution < -0.4 is 14.2 Å². The van der Waals surface area contributed by atoms with Crippen molar-refractivity contribution in [1.82, 2.24) is 4.90 Å². The second-order valence-electron chi connectivity index (χ2n) is 13.2. The third kappa shape index (κ3) is 4.02. The second-order valence-corrected chi connectivity index (χ2v) is 13.2. The number of aliphatic hydroxyl groups is 1. The summed E-state index contributed by atoms with van der Waals surface area (Å²) < 4.78 is 16.7. The third-order valence-electron chi connectivity index (χ3n) is 11.6. The molecule has 0 aromatic heterocycles. The molecule has 0 bridgehead atoms. The summed E-state index contributed by atoms with van der Waals surface area (Å²) in [7, 11) is 4.93. The number of benzene rings is 1. The summed E-state index contributed by atoms with van der Waals surface area (Å²) in [6.07, 6.45) is 15.7. The van der Waals surface area contributed by atoms with Crippen LogP contribution in [-0.2, 0) is 0 Å². The van der Waals surface area contributed by atoms with E-state index in [1.165, 1.54) is 58.0 Å². The first kappa shape index (κ1) is 26.3. The van der Waals surface area contributed by atoms with Crippen LogP contribution in [0.15, 0.2) is 29.4 Å². The summed E-state index contributed by atoms with van der Waals surface area (Å²) in [5.41, 5.74) is 4.20. The third-order valence-corrected chi connectivity index (χ3v) is 11.6. The zero-order chi connectivity index (χ0) is 26.7. The van der Waals surface area contributed by atoms with Crippen molar-refractivity contribution in [3.05, 3.63) is 34.9 Å². The molecule has 0 amide bonds. The van der Waals surface area contributed by atoms with Crippen LogP contribution in [0.1, 0.15) is 77.2 Å². The van der Waals surface area contributed by atoms with Crippen molar-refractivity contribution >= 4 is 6.08 Å². The fraction of sp³-hybridized carbons (Fsp3) is 0.697. The van der Waals surface area contributed by atoms with Crippen molar-refractivity contribution < 1.29 is 19.3 Å². The lowest BCUT2D eigenvalue weighted by Gasteiger charge is -2.58. The Bertz CT molecular complexity index is 1090. The van der Waals surface area contributed by atoms with Gasteiger partial charge in [-0.05, 0) is 117 Å². The first-order valence-corrected chi connectivity index (χ1v) is 14.9. The summed E-state index contributed by atoms with van der Waals surface area (Å²) in [6.45, 7) is 7.57. The van der Waals surface area contributed by atoms with E-state index in [4.69, 9.17) is 14.2 Å². The SMILES string of the molecule is COc1cc(C=C2C[C@H]3[C@@H]4CC=C5C[C@@H](N6CCCC6)CC[C@]5(C)[C@H]4CC[C@]3(C)[C@H]2O)cc(OC)c1OC. The van der Waals surface area contributed by atoms with Crippen molar-refractivity contribution in [3.63, 3.8) is 0 Å². The number of ether oxygens (including phenoxy) is 3. The summed E-state index contributed by atoms with van der Waals surface area (Å²) in [4.78, 5) is 2.78. The molecular formula is C33H47NO4. The maximum atomic E-state index is 11.7. The lowest BCUT2D eigenvalue weighted by atomic mass is 9.48. The Balaban J connectivity index is 1.27. The van der Waals surface area contributed by atoms with Gasteiger partial charge in [-0.2, -0.15) is 0 Å². The zero-order valence-electron chi connectivity index (χ0n) is 24.1. The number of allylic oxidation sites excluding steroid dienone is 1. The minimum absolute atomic E-state index is 0.0535. The molecule has 1 N–H and O–H groups in total. The molecule has 1 aromatic carbocycles. The van der Waals surface area contributed by atoms with Gasteiger partial charge >= 0.3 is 0 Å². The molecule has 5 nitrogen and oxygen atoms in total. The molecule has 1 aliphatic heterocycles. The molecule has 3 saturated carbocycles. The second kappa shape index (κ2) is 9.89. The molecule has 208 valence electrons. The summed E-state index contributed by atoms with van der Waals surface area (Å²) in [5.74, 6) is 3.83. The van der Waals surface area contributed by atoms with Gasteiger partial charge < -0.3 is 24.2 Å². The molecule has 0 radical (unpaired) electrons. The van der Waals surface area contributed by atoms with Crippen molar-refractivity contribution in [3.8, 4) is 17.2 Å². The highest BCUT2D eigenvalue weighted by Gasteiger charge is 2.59. The molecule has 1 heterocycles. The highest BCUT2D eigenvalue weighted by atomic mass is 16.5. The van der Waals surface area contributed by atoms with E-state index in [0.29, 0.717) is 34.5 Å². The van der Waals surface area contributed by atoms with Gasteiger partial charge in [-0.3, -0.25) is 0 Å². The van der Waals surface area contributed by atoms with Crippen molar-refractivity contribution in [2.75, 3.05) is 34.4 Å². The highest BCUT2D eigenvalue weighted by Crippen LogP contribution is 2.66. The standard InChI is InChI=1S/C33H47NO4/c1-32-12-10-24(34-14-6-7-15-34)20-23(32)8-9-25-26(32)11-13-33(2)27(25)19-22(31(33)35)16-21-17-28(36-3)30(38-5)29(18-21)37-4/h8,16-18,24-27,31,35H,6-7,9-15,19-20H2,1-5H3/t24-,25+,26-,27-,31-,32-,33-/m0/s1. The Morgan fingerprint density at radius 3 is 2.29 bits per heavy atom. The van der Waals surface area contributed by atoms with Gasteiger partial charge in [-0.25, -0.2) is 0 Å². The molecule has 4 aliphatic carbocycles. The number of methoxy groups -OCH3 is 3. The van der Waals surface area contributed by atoms with Crippen molar-refractivity contribution in [1.29, 1.82) is 0 Å². The van der Waals surface area contributed by atoms with Gasteiger partial charge in [0.1, 0.15) is 0 Å². The van der Waals surface area contributed by atoms with Crippen LogP contribution in [0.2, 0.25) is 0 Å². The largest absolute Gasteiger partial charge is 0.493 e. The molecule has 6 rings (SSSR count). The average Bonchev–Trinajstić information content (AvgIpc) is 3.55. The molecule has 1 saturated heterocycles. The van der Waals surface area contributed by atoms with E-state index >= 15 is 0 Å². The van der Waals surface area contributed by atoms with E-state index in [9.17, 15) is 5.11 Å². The normalized spacial score (nSPS) is 39.8. The smallest absolute Gasteiger partial charge is 0.203 e. The maximum Gasteiger partial charge on any atom is 0.203 e. The van der Waals surface area contributed by atoms with Crippen LogP contribution in [0.3, 0.4) is 0 Å². The van der Waals surface area contributed by atoms with Crippen molar-refractivity contribution in [2.45, 2.75) is 83.8 Å². The molecule has 0 spiro atoms. The predicted molar refractivity (Wildman–Crippen MR) is 152 cm³/mol. The van der Waals surface area contributed by atoms with Crippen LogP contribution in [0.25, 0.3) is 6.08 Å². The Labute approximate surface area is 229 Å². The van der Waals surface area contributed by atoms with E-state index in [-0.39, 0.29) is 5.41 Å². The summed E-state index contributed by atoms with van der Waals surface area (Å²) in [6, 6.07) is 4.75.